The molecule has 3 rings (SSSR count). The van der Waals surface area contributed by atoms with Crippen molar-refractivity contribution in [2.24, 2.45) is 0 Å². The van der Waals surface area contributed by atoms with E-state index in [0.29, 0.717) is 5.02 Å². The minimum absolute atomic E-state index is 0.121. The molecule has 1 aliphatic rings. The minimum atomic E-state index is -0.224. The number of nitrogens with zero attached hydrogens (tertiary/aromatic N) is 1. The summed E-state index contributed by atoms with van der Waals surface area (Å²) in [6.45, 7) is 0. The number of benzene rings is 1. The zero-order chi connectivity index (χ0) is 18.4. The van der Waals surface area contributed by atoms with Gasteiger partial charge in [-0.05, 0) is 50.0 Å². The Morgan fingerprint density at radius 3 is 2.73 bits per heavy atom. The van der Waals surface area contributed by atoms with Crippen LogP contribution < -0.4 is 5.32 Å². The molecule has 4 nitrogen and oxygen atoms in total. The second-order valence-corrected chi connectivity index (χ2v) is 7.72. The van der Waals surface area contributed by atoms with E-state index < -0.39 is 0 Å². The number of rotatable bonds is 5. The van der Waals surface area contributed by atoms with Crippen molar-refractivity contribution in [3.8, 4) is 0 Å². The molecule has 2 aromatic rings. The van der Waals surface area contributed by atoms with Gasteiger partial charge in [-0.3, -0.25) is 4.79 Å². The van der Waals surface area contributed by atoms with Crippen molar-refractivity contribution < 1.29 is 9.90 Å². The van der Waals surface area contributed by atoms with Crippen LogP contribution in [0.2, 0.25) is 5.02 Å². The van der Waals surface area contributed by atoms with Crippen molar-refractivity contribution in [1.29, 1.82) is 0 Å². The lowest BCUT2D eigenvalue weighted by atomic mass is 9.93. The molecule has 136 valence electrons. The molecule has 0 unspecified atom stereocenters. The third kappa shape index (κ3) is 5.34. The third-order valence-corrected chi connectivity index (χ3v) is 5.85. The van der Waals surface area contributed by atoms with E-state index >= 15 is 0 Å². The SMILES string of the molecule is O=C(/C=C/c1cccnc1Sc1ccccc1Cl)NC1CCC(O)CC1. The van der Waals surface area contributed by atoms with Crippen molar-refractivity contribution in [2.75, 3.05) is 0 Å². The number of aliphatic hydroxyl groups is 1. The zero-order valence-electron chi connectivity index (χ0n) is 14.3. The van der Waals surface area contributed by atoms with Crippen molar-refractivity contribution in [2.45, 2.75) is 47.8 Å². The van der Waals surface area contributed by atoms with Gasteiger partial charge in [0.15, 0.2) is 0 Å². The maximum absolute atomic E-state index is 12.2. The van der Waals surface area contributed by atoms with E-state index in [2.05, 4.69) is 10.3 Å². The summed E-state index contributed by atoms with van der Waals surface area (Å²) in [5.41, 5.74) is 0.867. The second kappa shape index (κ2) is 9.21. The number of hydrogen-bond donors (Lipinski definition) is 2. The monoisotopic (exact) mass is 388 g/mol. The van der Waals surface area contributed by atoms with Gasteiger partial charge in [-0.15, -0.1) is 0 Å². The summed E-state index contributed by atoms with van der Waals surface area (Å²) in [6, 6.07) is 11.5. The van der Waals surface area contributed by atoms with E-state index in [1.165, 1.54) is 11.8 Å². The van der Waals surface area contributed by atoms with Crippen LogP contribution in [-0.2, 0) is 4.79 Å². The van der Waals surface area contributed by atoms with Crippen LogP contribution in [0.5, 0.6) is 0 Å². The lowest BCUT2D eigenvalue weighted by Crippen LogP contribution is -2.37. The minimum Gasteiger partial charge on any atom is -0.393 e. The quantitative estimate of drug-likeness (QED) is 0.749. The molecule has 6 heteroatoms. The molecule has 0 bridgehead atoms. The first-order valence-corrected chi connectivity index (χ1v) is 9.85. The Kier molecular flexibility index (Phi) is 6.72. The summed E-state index contributed by atoms with van der Waals surface area (Å²) in [5.74, 6) is -0.121. The van der Waals surface area contributed by atoms with Crippen LogP contribution in [0.1, 0.15) is 31.2 Å². The van der Waals surface area contributed by atoms with E-state index in [1.807, 2.05) is 36.4 Å². The highest BCUT2D eigenvalue weighted by atomic mass is 35.5. The predicted molar refractivity (Wildman–Crippen MR) is 105 cm³/mol. The topological polar surface area (TPSA) is 62.2 Å². The fraction of sp³-hybridized carbons (Fsp3) is 0.300. The fourth-order valence-corrected chi connectivity index (χ4v) is 4.02. The predicted octanol–water partition coefficient (Wildman–Crippen LogP) is 4.32. The van der Waals surface area contributed by atoms with Gasteiger partial charge in [-0.25, -0.2) is 4.98 Å². The number of hydrogen-bond acceptors (Lipinski definition) is 4. The lowest BCUT2D eigenvalue weighted by Gasteiger charge is -2.25. The Morgan fingerprint density at radius 2 is 1.96 bits per heavy atom. The van der Waals surface area contributed by atoms with Gasteiger partial charge in [0.25, 0.3) is 0 Å². The first-order chi connectivity index (χ1) is 12.6. The summed E-state index contributed by atoms with van der Waals surface area (Å²) < 4.78 is 0. The number of carbonyl (C=O) groups excluding carboxylic acids is 1. The molecule has 1 aromatic heterocycles. The maximum atomic E-state index is 12.2. The van der Waals surface area contributed by atoms with Crippen LogP contribution in [0, 0.1) is 0 Å². The molecule has 1 fully saturated rings. The largest absolute Gasteiger partial charge is 0.393 e. The highest BCUT2D eigenvalue weighted by Crippen LogP contribution is 2.33. The van der Waals surface area contributed by atoms with Gasteiger partial charge in [-0.2, -0.15) is 0 Å². The Hall–Kier alpha value is -1.82. The Morgan fingerprint density at radius 1 is 1.19 bits per heavy atom. The first kappa shape index (κ1) is 19.0. The van der Waals surface area contributed by atoms with Gasteiger partial charge in [0.05, 0.1) is 11.1 Å². The molecule has 0 spiro atoms. The lowest BCUT2D eigenvalue weighted by molar-refractivity contribution is -0.117. The molecule has 0 atom stereocenters. The van der Waals surface area contributed by atoms with Crippen LogP contribution >= 0.6 is 23.4 Å². The van der Waals surface area contributed by atoms with Crippen LogP contribution in [0.4, 0.5) is 0 Å². The number of amides is 1. The van der Waals surface area contributed by atoms with Crippen LogP contribution in [-0.4, -0.2) is 28.1 Å². The van der Waals surface area contributed by atoms with E-state index in [4.69, 9.17) is 11.6 Å². The molecule has 1 heterocycles. The molecule has 2 N–H and O–H groups in total. The highest BCUT2D eigenvalue weighted by molar-refractivity contribution is 7.99. The Labute approximate surface area is 162 Å². The molecule has 0 saturated heterocycles. The summed E-state index contributed by atoms with van der Waals surface area (Å²) in [6.07, 6.45) is 7.95. The molecule has 1 aromatic carbocycles. The van der Waals surface area contributed by atoms with Crippen molar-refractivity contribution in [1.82, 2.24) is 10.3 Å². The average molecular weight is 389 g/mol. The van der Waals surface area contributed by atoms with Crippen LogP contribution in [0.25, 0.3) is 6.08 Å². The van der Waals surface area contributed by atoms with Crippen molar-refractivity contribution in [3.63, 3.8) is 0 Å². The highest BCUT2D eigenvalue weighted by Gasteiger charge is 2.19. The summed E-state index contributed by atoms with van der Waals surface area (Å²) in [7, 11) is 0. The fourth-order valence-electron chi connectivity index (χ4n) is 2.88. The van der Waals surface area contributed by atoms with E-state index in [-0.39, 0.29) is 18.1 Å². The molecule has 0 radical (unpaired) electrons. The molecule has 26 heavy (non-hydrogen) atoms. The van der Waals surface area contributed by atoms with E-state index in [0.717, 1.165) is 41.2 Å². The van der Waals surface area contributed by atoms with Gasteiger partial charge < -0.3 is 10.4 Å². The zero-order valence-corrected chi connectivity index (χ0v) is 15.8. The molecule has 1 amide bonds. The molecular formula is C20H21ClN2O2S. The first-order valence-electron chi connectivity index (χ1n) is 8.66. The molecule has 0 aliphatic heterocycles. The van der Waals surface area contributed by atoms with Crippen LogP contribution in [0.15, 0.2) is 58.6 Å². The number of halogens is 1. The van der Waals surface area contributed by atoms with E-state index in [9.17, 15) is 9.90 Å². The van der Waals surface area contributed by atoms with Crippen LogP contribution in [0.3, 0.4) is 0 Å². The van der Waals surface area contributed by atoms with E-state index in [1.54, 1.807) is 18.3 Å². The average Bonchev–Trinajstić information content (AvgIpc) is 2.65. The number of aromatic nitrogens is 1. The summed E-state index contributed by atoms with van der Waals surface area (Å²) >= 11 is 7.70. The van der Waals surface area contributed by atoms with Crippen molar-refractivity contribution >= 4 is 35.3 Å². The Balaban J connectivity index is 1.65. The molecule has 1 aliphatic carbocycles. The standard InChI is InChI=1S/C20H21ClN2O2S/c21-17-5-1-2-6-18(17)26-20-14(4-3-13-22-20)7-12-19(25)23-15-8-10-16(24)11-9-15/h1-7,12-13,15-16,24H,8-11H2,(H,23,25)/b12-7+. The normalized spacial score (nSPS) is 20.2. The third-order valence-electron chi connectivity index (χ3n) is 4.30. The molecular weight excluding hydrogens is 368 g/mol. The van der Waals surface area contributed by atoms with Gasteiger partial charge >= 0.3 is 0 Å². The van der Waals surface area contributed by atoms with Gasteiger partial charge in [0.2, 0.25) is 5.91 Å². The Bertz CT molecular complexity index is 789. The van der Waals surface area contributed by atoms with Crippen molar-refractivity contribution in [3.05, 3.63) is 59.3 Å². The number of pyridine rings is 1. The van der Waals surface area contributed by atoms with Gasteiger partial charge in [0.1, 0.15) is 5.03 Å². The summed E-state index contributed by atoms with van der Waals surface area (Å²) in [4.78, 5) is 17.5. The summed E-state index contributed by atoms with van der Waals surface area (Å²) in [5, 5.41) is 14.0. The smallest absolute Gasteiger partial charge is 0.244 e. The number of nitrogens with one attached hydrogen (secondary N) is 1. The molecule has 1 saturated carbocycles. The number of carbonyl (C=O) groups is 1. The number of aliphatic hydroxyl groups excluding tert-OH is 1. The second-order valence-electron chi connectivity index (χ2n) is 6.28. The maximum Gasteiger partial charge on any atom is 0.244 e. The van der Waals surface area contributed by atoms with Gasteiger partial charge in [-0.1, -0.05) is 41.6 Å². The van der Waals surface area contributed by atoms with Gasteiger partial charge in [0, 0.05) is 28.8 Å².